The average Bonchev–Trinajstić information content (AvgIpc) is 2.64. The smallest absolute Gasteiger partial charge is 0.463 e. The van der Waals surface area contributed by atoms with Crippen LogP contribution in [0.15, 0.2) is 0 Å². The SMILES string of the molecule is COC(=O)O[C@@H]1[C@@H](OC(=O)OC)[C@H](O)O[C@H](COC(C)=O)[C@H]1OC(=O)OC. The van der Waals surface area contributed by atoms with Crippen molar-refractivity contribution in [1.82, 2.24) is 0 Å². The molecule has 0 aliphatic carbocycles. The molecule has 0 aromatic rings. The van der Waals surface area contributed by atoms with Gasteiger partial charge in [-0.05, 0) is 0 Å². The minimum Gasteiger partial charge on any atom is -0.463 e. The van der Waals surface area contributed by atoms with Gasteiger partial charge in [0.25, 0.3) is 0 Å². The Morgan fingerprint density at radius 2 is 1.26 bits per heavy atom. The Labute approximate surface area is 153 Å². The Morgan fingerprint density at radius 3 is 1.70 bits per heavy atom. The van der Waals surface area contributed by atoms with Crippen LogP contribution in [0.5, 0.6) is 0 Å². The van der Waals surface area contributed by atoms with Crippen LogP contribution in [0.1, 0.15) is 6.92 Å². The molecule has 1 heterocycles. The third-order valence-electron chi connectivity index (χ3n) is 3.26. The van der Waals surface area contributed by atoms with Crippen molar-refractivity contribution in [2.45, 2.75) is 37.6 Å². The third-order valence-corrected chi connectivity index (χ3v) is 3.26. The number of methoxy groups -OCH3 is 3. The first-order valence-corrected chi connectivity index (χ1v) is 7.44. The van der Waals surface area contributed by atoms with Crippen molar-refractivity contribution in [1.29, 1.82) is 0 Å². The molecule has 13 heteroatoms. The van der Waals surface area contributed by atoms with Crippen molar-refractivity contribution in [2.75, 3.05) is 27.9 Å². The number of carbonyl (C=O) groups is 4. The predicted molar refractivity (Wildman–Crippen MR) is 79.3 cm³/mol. The van der Waals surface area contributed by atoms with E-state index in [4.69, 9.17) is 23.7 Å². The van der Waals surface area contributed by atoms with Crippen LogP contribution >= 0.6 is 0 Å². The summed E-state index contributed by atoms with van der Waals surface area (Å²) in [6, 6.07) is 0. The lowest BCUT2D eigenvalue weighted by atomic mass is 9.98. The minimum atomic E-state index is -1.85. The van der Waals surface area contributed by atoms with Crippen LogP contribution in [0.25, 0.3) is 0 Å². The molecule has 0 aromatic carbocycles. The molecule has 1 aliphatic heterocycles. The number of ether oxygens (including phenoxy) is 8. The van der Waals surface area contributed by atoms with Crippen LogP contribution < -0.4 is 0 Å². The topological polar surface area (TPSA) is 162 Å². The number of aliphatic hydroxyl groups is 1. The number of rotatable bonds is 5. The van der Waals surface area contributed by atoms with Gasteiger partial charge in [-0.25, -0.2) is 14.4 Å². The lowest BCUT2D eigenvalue weighted by Gasteiger charge is -2.41. The molecular formula is C14H20O13. The highest BCUT2D eigenvalue weighted by atomic mass is 16.8. The number of esters is 1. The van der Waals surface area contributed by atoms with Crippen molar-refractivity contribution in [3.05, 3.63) is 0 Å². The van der Waals surface area contributed by atoms with E-state index in [0.29, 0.717) is 0 Å². The fourth-order valence-corrected chi connectivity index (χ4v) is 2.11. The summed E-state index contributed by atoms with van der Waals surface area (Å²) in [5, 5.41) is 10.1. The first kappa shape index (κ1) is 22.2. The van der Waals surface area contributed by atoms with Gasteiger partial charge in [0.2, 0.25) is 0 Å². The number of carbonyl (C=O) groups excluding carboxylic acids is 4. The maximum atomic E-state index is 11.6. The second kappa shape index (κ2) is 10.4. The van der Waals surface area contributed by atoms with Gasteiger partial charge in [0, 0.05) is 6.92 Å². The Morgan fingerprint density at radius 1 is 0.815 bits per heavy atom. The van der Waals surface area contributed by atoms with Gasteiger partial charge in [-0.3, -0.25) is 4.79 Å². The molecule has 0 spiro atoms. The first-order chi connectivity index (χ1) is 12.7. The normalized spacial score (nSPS) is 26.9. The van der Waals surface area contributed by atoms with Gasteiger partial charge in [-0.1, -0.05) is 0 Å². The summed E-state index contributed by atoms with van der Waals surface area (Å²) in [5.74, 6) is -0.691. The van der Waals surface area contributed by atoms with Gasteiger partial charge < -0.3 is 43.0 Å². The molecule has 1 saturated heterocycles. The van der Waals surface area contributed by atoms with Gasteiger partial charge >= 0.3 is 24.4 Å². The maximum Gasteiger partial charge on any atom is 0.508 e. The highest BCUT2D eigenvalue weighted by Gasteiger charge is 2.53. The molecule has 0 aromatic heterocycles. The molecular weight excluding hydrogens is 376 g/mol. The van der Waals surface area contributed by atoms with E-state index < -0.39 is 61.7 Å². The number of aliphatic hydroxyl groups excluding tert-OH is 1. The standard InChI is InChI=1S/C14H20O13/c1-6(15)23-5-7-8(25-12(17)20-2)9(26-13(18)21-3)10(11(16)24-7)27-14(19)22-4/h7-11,16H,5H2,1-4H3/t7-,8-,9+,10-,11-/m1/s1. The van der Waals surface area contributed by atoms with Gasteiger partial charge in [0.05, 0.1) is 21.3 Å². The van der Waals surface area contributed by atoms with E-state index in [1.165, 1.54) is 0 Å². The molecule has 0 saturated carbocycles. The second-order valence-corrected chi connectivity index (χ2v) is 4.98. The highest BCUT2D eigenvalue weighted by Crippen LogP contribution is 2.28. The molecule has 154 valence electrons. The van der Waals surface area contributed by atoms with Gasteiger partial charge in [-0.2, -0.15) is 0 Å². The van der Waals surface area contributed by atoms with Crippen LogP contribution in [0.2, 0.25) is 0 Å². The van der Waals surface area contributed by atoms with E-state index in [9.17, 15) is 24.3 Å². The average molecular weight is 396 g/mol. The van der Waals surface area contributed by atoms with E-state index in [-0.39, 0.29) is 0 Å². The van der Waals surface area contributed by atoms with Gasteiger partial charge in [-0.15, -0.1) is 0 Å². The van der Waals surface area contributed by atoms with Crippen molar-refractivity contribution < 1.29 is 62.2 Å². The zero-order chi connectivity index (χ0) is 20.6. The maximum absolute atomic E-state index is 11.6. The molecule has 0 radical (unpaired) electrons. The van der Waals surface area contributed by atoms with Crippen LogP contribution in [-0.4, -0.2) is 88.2 Å². The van der Waals surface area contributed by atoms with Crippen LogP contribution in [0.3, 0.4) is 0 Å². The van der Waals surface area contributed by atoms with Gasteiger partial charge in [0.1, 0.15) is 12.7 Å². The van der Waals surface area contributed by atoms with E-state index in [1.807, 2.05) is 0 Å². The Bertz CT molecular complexity index is 547. The molecule has 1 N–H and O–H groups in total. The summed E-state index contributed by atoms with van der Waals surface area (Å²) in [5.41, 5.74) is 0. The van der Waals surface area contributed by atoms with Gasteiger partial charge in [0.15, 0.2) is 24.6 Å². The summed E-state index contributed by atoms with van der Waals surface area (Å²) in [4.78, 5) is 45.6. The third kappa shape index (κ3) is 6.45. The summed E-state index contributed by atoms with van der Waals surface area (Å²) >= 11 is 0. The van der Waals surface area contributed by atoms with Crippen LogP contribution in [-0.2, 0) is 42.7 Å². The van der Waals surface area contributed by atoms with Crippen molar-refractivity contribution in [3.8, 4) is 0 Å². The fourth-order valence-electron chi connectivity index (χ4n) is 2.11. The Balaban J connectivity index is 3.18. The molecule has 0 unspecified atom stereocenters. The van der Waals surface area contributed by atoms with Crippen LogP contribution in [0, 0.1) is 0 Å². The Hall–Kier alpha value is -2.80. The zero-order valence-corrected chi connectivity index (χ0v) is 14.9. The number of hydrogen-bond acceptors (Lipinski definition) is 13. The lowest BCUT2D eigenvalue weighted by Crippen LogP contribution is -2.62. The molecule has 0 bridgehead atoms. The highest BCUT2D eigenvalue weighted by molar-refractivity contribution is 5.66. The van der Waals surface area contributed by atoms with Crippen molar-refractivity contribution in [3.63, 3.8) is 0 Å². The lowest BCUT2D eigenvalue weighted by molar-refractivity contribution is -0.290. The van der Waals surface area contributed by atoms with Crippen molar-refractivity contribution in [2.24, 2.45) is 0 Å². The second-order valence-electron chi connectivity index (χ2n) is 4.98. The van der Waals surface area contributed by atoms with E-state index >= 15 is 0 Å². The first-order valence-electron chi connectivity index (χ1n) is 7.44. The van der Waals surface area contributed by atoms with Crippen molar-refractivity contribution >= 4 is 24.4 Å². The summed E-state index contributed by atoms with van der Waals surface area (Å²) < 4.78 is 37.8. The predicted octanol–water partition coefficient (Wildman–Crippen LogP) is -0.279. The van der Waals surface area contributed by atoms with E-state index in [0.717, 1.165) is 28.3 Å². The largest absolute Gasteiger partial charge is 0.508 e. The monoisotopic (exact) mass is 396 g/mol. The molecule has 1 fully saturated rings. The molecule has 27 heavy (non-hydrogen) atoms. The molecule has 5 atom stereocenters. The van der Waals surface area contributed by atoms with E-state index in [2.05, 4.69) is 14.2 Å². The quantitative estimate of drug-likeness (QED) is 0.477. The summed E-state index contributed by atoms with van der Waals surface area (Å²) in [7, 11) is 3.02. The fraction of sp³-hybridized carbons (Fsp3) is 0.714. The molecule has 13 nitrogen and oxygen atoms in total. The summed E-state index contributed by atoms with van der Waals surface area (Å²) in [6.07, 6.45) is -11.6. The van der Waals surface area contributed by atoms with E-state index in [1.54, 1.807) is 0 Å². The number of hydrogen-bond donors (Lipinski definition) is 1. The Kier molecular flexibility index (Phi) is 8.55. The zero-order valence-electron chi connectivity index (χ0n) is 14.9. The molecule has 1 rings (SSSR count). The summed E-state index contributed by atoms with van der Waals surface area (Å²) in [6.45, 7) is 0.626. The minimum absolute atomic E-state index is 0.486. The molecule has 0 amide bonds. The molecule has 1 aliphatic rings. The van der Waals surface area contributed by atoms with Crippen LogP contribution in [0.4, 0.5) is 14.4 Å².